The van der Waals surface area contributed by atoms with Crippen LogP contribution in [0, 0.1) is 12.7 Å². The van der Waals surface area contributed by atoms with Crippen molar-refractivity contribution in [3.05, 3.63) is 35.1 Å². The number of halogens is 1. The van der Waals surface area contributed by atoms with E-state index in [2.05, 4.69) is 5.48 Å². The monoisotopic (exact) mass is 223 g/mol. The Balaban J connectivity index is 1.78. The summed E-state index contributed by atoms with van der Waals surface area (Å²) < 4.78 is 13.0. The summed E-state index contributed by atoms with van der Waals surface area (Å²) in [5, 5.41) is 0. The van der Waals surface area contributed by atoms with Gasteiger partial charge in [-0.1, -0.05) is 25.0 Å². The number of hydrogen-bond acceptors (Lipinski definition) is 2. The van der Waals surface area contributed by atoms with Crippen molar-refractivity contribution in [2.45, 2.75) is 45.3 Å². The molecule has 2 rings (SSSR count). The molecule has 16 heavy (non-hydrogen) atoms. The van der Waals surface area contributed by atoms with E-state index in [0.717, 1.165) is 18.4 Å². The van der Waals surface area contributed by atoms with Crippen LogP contribution in [0.5, 0.6) is 0 Å². The predicted molar refractivity (Wildman–Crippen MR) is 61.3 cm³/mol. The zero-order valence-corrected chi connectivity index (χ0v) is 9.63. The third-order valence-electron chi connectivity index (χ3n) is 3.05. The molecule has 0 heterocycles. The van der Waals surface area contributed by atoms with Crippen molar-refractivity contribution >= 4 is 0 Å². The van der Waals surface area contributed by atoms with Gasteiger partial charge in [-0.2, -0.15) is 5.48 Å². The van der Waals surface area contributed by atoms with Crippen LogP contribution in [0.25, 0.3) is 0 Å². The Morgan fingerprint density at radius 1 is 1.38 bits per heavy atom. The molecule has 0 spiro atoms. The third-order valence-corrected chi connectivity index (χ3v) is 3.05. The first-order valence-corrected chi connectivity index (χ1v) is 5.89. The maximum atomic E-state index is 13.0. The molecule has 0 atom stereocenters. The molecule has 0 aliphatic heterocycles. The topological polar surface area (TPSA) is 21.3 Å². The Hall–Kier alpha value is -0.930. The molecule has 88 valence electrons. The van der Waals surface area contributed by atoms with Crippen LogP contribution >= 0.6 is 0 Å². The van der Waals surface area contributed by atoms with E-state index in [0.29, 0.717) is 18.2 Å². The van der Waals surface area contributed by atoms with Gasteiger partial charge in [-0.25, -0.2) is 4.39 Å². The quantitative estimate of drug-likeness (QED) is 0.792. The second-order valence-corrected chi connectivity index (χ2v) is 4.43. The van der Waals surface area contributed by atoms with Crippen LogP contribution in [0.15, 0.2) is 18.2 Å². The van der Waals surface area contributed by atoms with Gasteiger partial charge in [0.25, 0.3) is 0 Å². The van der Waals surface area contributed by atoms with E-state index in [1.807, 2.05) is 6.07 Å². The smallest absolute Gasteiger partial charge is 0.126 e. The molecule has 1 N–H and O–H groups in total. The predicted octanol–water partition coefficient (Wildman–Crippen LogP) is 3.10. The lowest BCUT2D eigenvalue weighted by Gasteiger charge is -2.11. The van der Waals surface area contributed by atoms with Crippen molar-refractivity contribution in [3.63, 3.8) is 0 Å². The molecule has 1 aromatic carbocycles. The second-order valence-electron chi connectivity index (χ2n) is 4.43. The van der Waals surface area contributed by atoms with Gasteiger partial charge < -0.3 is 0 Å². The van der Waals surface area contributed by atoms with E-state index < -0.39 is 0 Å². The average Bonchev–Trinajstić information content (AvgIpc) is 2.76. The Kier molecular flexibility index (Phi) is 3.91. The molecular formula is C13H18FNO. The first-order chi connectivity index (χ1) is 7.75. The van der Waals surface area contributed by atoms with E-state index in [1.54, 1.807) is 13.0 Å². The van der Waals surface area contributed by atoms with Gasteiger partial charge in [0.15, 0.2) is 0 Å². The van der Waals surface area contributed by atoms with Gasteiger partial charge in [-0.15, -0.1) is 0 Å². The first-order valence-electron chi connectivity index (χ1n) is 5.89. The standard InChI is InChI=1S/C13H18FNO/c1-10-8-11(6-7-13(10)14)9-15-16-12-4-2-3-5-12/h6-8,12,15H,2-5,9H2,1H3. The summed E-state index contributed by atoms with van der Waals surface area (Å²) in [5.41, 5.74) is 4.70. The largest absolute Gasteiger partial charge is 0.298 e. The van der Waals surface area contributed by atoms with Gasteiger partial charge in [0.2, 0.25) is 0 Å². The van der Waals surface area contributed by atoms with Gasteiger partial charge in [0.1, 0.15) is 5.82 Å². The lowest BCUT2D eigenvalue weighted by atomic mass is 10.1. The van der Waals surface area contributed by atoms with Crippen molar-refractivity contribution in [3.8, 4) is 0 Å². The summed E-state index contributed by atoms with van der Waals surface area (Å²) in [7, 11) is 0. The minimum Gasteiger partial charge on any atom is -0.298 e. The number of hydroxylamine groups is 1. The molecule has 1 aromatic rings. The van der Waals surface area contributed by atoms with Gasteiger partial charge in [-0.05, 0) is 37.0 Å². The van der Waals surface area contributed by atoms with E-state index in [9.17, 15) is 4.39 Å². The van der Waals surface area contributed by atoms with E-state index in [-0.39, 0.29) is 5.82 Å². The highest BCUT2D eigenvalue weighted by molar-refractivity contribution is 5.23. The Morgan fingerprint density at radius 2 is 2.12 bits per heavy atom. The van der Waals surface area contributed by atoms with Crippen molar-refractivity contribution in [1.29, 1.82) is 0 Å². The molecule has 2 nitrogen and oxygen atoms in total. The molecule has 1 aliphatic rings. The zero-order chi connectivity index (χ0) is 11.4. The number of hydrogen-bond donors (Lipinski definition) is 1. The molecule has 0 radical (unpaired) electrons. The summed E-state index contributed by atoms with van der Waals surface area (Å²) in [6.45, 7) is 2.41. The fourth-order valence-corrected chi connectivity index (χ4v) is 2.07. The van der Waals surface area contributed by atoms with Gasteiger partial charge in [0.05, 0.1) is 6.10 Å². The van der Waals surface area contributed by atoms with E-state index in [1.165, 1.54) is 18.9 Å². The SMILES string of the molecule is Cc1cc(CNOC2CCCC2)ccc1F. The Labute approximate surface area is 95.8 Å². The lowest BCUT2D eigenvalue weighted by molar-refractivity contribution is -0.0244. The van der Waals surface area contributed by atoms with Gasteiger partial charge in [-0.3, -0.25) is 4.84 Å². The zero-order valence-electron chi connectivity index (χ0n) is 9.63. The summed E-state index contributed by atoms with van der Waals surface area (Å²) >= 11 is 0. The van der Waals surface area contributed by atoms with Crippen LogP contribution in [0.2, 0.25) is 0 Å². The molecule has 1 fully saturated rings. The van der Waals surface area contributed by atoms with Crippen molar-refractivity contribution < 1.29 is 9.23 Å². The molecule has 0 amide bonds. The lowest BCUT2D eigenvalue weighted by Crippen LogP contribution is -2.21. The second kappa shape index (κ2) is 5.41. The van der Waals surface area contributed by atoms with Crippen LogP contribution in [-0.2, 0) is 11.4 Å². The maximum Gasteiger partial charge on any atom is 0.126 e. The Morgan fingerprint density at radius 3 is 2.81 bits per heavy atom. The fraction of sp³-hybridized carbons (Fsp3) is 0.538. The molecule has 1 saturated carbocycles. The van der Waals surface area contributed by atoms with E-state index >= 15 is 0 Å². The molecular weight excluding hydrogens is 205 g/mol. The summed E-state index contributed by atoms with van der Waals surface area (Å²) in [6.07, 6.45) is 5.19. The average molecular weight is 223 g/mol. The minimum absolute atomic E-state index is 0.152. The normalized spacial score (nSPS) is 16.9. The minimum atomic E-state index is -0.152. The third kappa shape index (κ3) is 3.03. The Bertz CT molecular complexity index is 348. The van der Waals surface area contributed by atoms with Crippen LogP contribution in [0.3, 0.4) is 0 Å². The molecule has 0 bridgehead atoms. The molecule has 1 aliphatic carbocycles. The number of benzene rings is 1. The summed E-state index contributed by atoms with van der Waals surface area (Å²) in [4.78, 5) is 5.53. The maximum absolute atomic E-state index is 13.0. The van der Waals surface area contributed by atoms with Crippen molar-refractivity contribution in [1.82, 2.24) is 5.48 Å². The first kappa shape index (κ1) is 11.6. The number of nitrogens with one attached hydrogen (secondary N) is 1. The molecule has 0 saturated heterocycles. The van der Waals surface area contributed by atoms with Gasteiger partial charge >= 0.3 is 0 Å². The highest BCUT2D eigenvalue weighted by atomic mass is 19.1. The number of rotatable bonds is 4. The molecule has 0 aromatic heterocycles. The van der Waals surface area contributed by atoms with E-state index in [4.69, 9.17) is 4.84 Å². The van der Waals surface area contributed by atoms with Gasteiger partial charge in [0, 0.05) is 6.54 Å². The van der Waals surface area contributed by atoms with Crippen molar-refractivity contribution in [2.24, 2.45) is 0 Å². The van der Waals surface area contributed by atoms with Crippen LogP contribution in [0.4, 0.5) is 4.39 Å². The van der Waals surface area contributed by atoms with Crippen LogP contribution < -0.4 is 5.48 Å². The van der Waals surface area contributed by atoms with Crippen LogP contribution in [0.1, 0.15) is 36.8 Å². The molecule has 3 heteroatoms. The fourth-order valence-electron chi connectivity index (χ4n) is 2.07. The summed E-state index contributed by atoms with van der Waals surface area (Å²) in [5.74, 6) is -0.152. The van der Waals surface area contributed by atoms with Crippen LogP contribution in [-0.4, -0.2) is 6.10 Å². The van der Waals surface area contributed by atoms with Crippen molar-refractivity contribution in [2.75, 3.05) is 0 Å². The summed E-state index contributed by atoms with van der Waals surface area (Å²) in [6, 6.07) is 5.13. The molecule has 0 unspecified atom stereocenters. The highest BCUT2D eigenvalue weighted by Crippen LogP contribution is 2.20. The highest BCUT2D eigenvalue weighted by Gasteiger charge is 2.15. The number of aryl methyl sites for hydroxylation is 1.